The quantitative estimate of drug-likeness (QED) is 0.735. The molecule has 0 aromatic carbocycles. The van der Waals surface area contributed by atoms with Crippen LogP contribution in [0.2, 0.25) is 0 Å². The number of aromatic nitrogens is 4. The molecule has 3 aromatic rings. The predicted molar refractivity (Wildman–Crippen MR) is 92.4 cm³/mol. The van der Waals surface area contributed by atoms with Crippen molar-refractivity contribution in [3.63, 3.8) is 0 Å². The highest BCUT2D eigenvalue weighted by molar-refractivity contribution is 7.09. The fourth-order valence-corrected chi connectivity index (χ4v) is 4.20. The molecule has 24 heavy (non-hydrogen) atoms. The van der Waals surface area contributed by atoms with Crippen LogP contribution in [0.3, 0.4) is 0 Å². The number of hydrogen-bond donors (Lipinski definition) is 0. The molecule has 1 unspecified atom stereocenters. The van der Waals surface area contributed by atoms with E-state index in [2.05, 4.69) is 22.5 Å². The maximum atomic E-state index is 12.9. The largest absolute Gasteiger partial charge is 0.338 e. The first-order chi connectivity index (χ1) is 11.7. The van der Waals surface area contributed by atoms with Crippen LogP contribution >= 0.6 is 11.3 Å². The second kappa shape index (κ2) is 6.32. The van der Waals surface area contributed by atoms with E-state index in [9.17, 15) is 4.79 Å². The summed E-state index contributed by atoms with van der Waals surface area (Å²) < 4.78 is 1.78. The first-order valence-electron chi connectivity index (χ1n) is 8.27. The van der Waals surface area contributed by atoms with Crippen LogP contribution in [-0.2, 0) is 6.42 Å². The molecule has 0 saturated carbocycles. The number of rotatable bonds is 3. The minimum atomic E-state index is 0.0718. The van der Waals surface area contributed by atoms with Gasteiger partial charge in [0.1, 0.15) is 6.33 Å². The summed E-state index contributed by atoms with van der Waals surface area (Å²) in [4.78, 5) is 19.5. The molecular formula is C17H19N5OS. The number of piperidine rings is 1. The van der Waals surface area contributed by atoms with Gasteiger partial charge in [-0.2, -0.15) is 0 Å². The van der Waals surface area contributed by atoms with E-state index in [-0.39, 0.29) is 5.91 Å². The Labute approximate surface area is 144 Å². The monoisotopic (exact) mass is 341 g/mol. The fraction of sp³-hybridized carbons (Fsp3) is 0.412. The van der Waals surface area contributed by atoms with Crippen molar-refractivity contribution in [3.05, 3.63) is 46.3 Å². The lowest BCUT2D eigenvalue weighted by atomic mass is 9.98. The van der Waals surface area contributed by atoms with Crippen LogP contribution in [0.1, 0.15) is 46.7 Å². The van der Waals surface area contributed by atoms with Gasteiger partial charge in [0.2, 0.25) is 0 Å². The average Bonchev–Trinajstić information content (AvgIpc) is 3.29. The SMILES string of the molecule is CCc1csc(C2CCCN(C(=O)c3ccc4nncn4c3)C2)n1. The van der Waals surface area contributed by atoms with Crippen molar-refractivity contribution < 1.29 is 4.79 Å². The Bertz CT molecular complexity index is 871. The van der Waals surface area contributed by atoms with Gasteiger partial charge in [-0.1, -0.05) is 6.92 Å². The van der Waals surface area contributed by atoms with Gasteiger partial charge in [0.05, 0.1) is 16.3 Å². The zero-order valence-corrected chi connectivity index (χ0v) is 14.4. The molecule has 7 heteroatoms. The van der Waals surface area contributed by atoms with Crippen LogP contribution in [0.4, 0.5) is 0 Å². The molecule has 0 radical (unpaired) electrons. The van der Waals surface area contributed by atoms with Crippen molar-refractivity contribution in [2.75, 3.05) is 13.1 Å². The Kier molecular flexibility index (Phi) is 4.02. The summed E-state index contributed by atoms with van der Waals surface area (Å²) in [5.74, 6) is 0.425. The Morgan fingerprint density at radius 1 is 1.42 bits per heavy atom. The first-order valence-corrected chi connectivity index (χ1v) is 9.15. The van der Waals surface area contributed by atoms with E-state index < -0.39 is 0 Å². The highest BCUT2D eigenvalue weighted by Gasteiger charge is 2.27. The molecule has 6 nitrogen and oxygen atoms in total. The first kappa shape index (κ1) is 15.3. The van der Waals surface area contributed by atoms with E-state index in [1.54, 1.807) is 28.3 Å². The lowest BCUT2D eigenvalue weighted by molar-refractivity contribution is 0.0706. The number of carbonyl (C=O) groups is 1. The van der Waals surface area contributed by atoms with Gasteiger partial charge < -0.3 is 4.90 Å². The standard InChI is InChI=1S/C17H19N5OS/c1-2-14-10-24-16(19-14)12-4-3-7-21(8-12)17(23)13-5-6-15-20-18-11-22(15)9-13/h5-6,9-12H,2-4,7-8H2,1H3. The van der Waals surface area contributed by atoms with Crippen molar-refractivity contribution >= 4 is 22.9 Å². The second-order valence-corrected chi connectivity index (χ2v) is 7.02. The normalized spacial score (nSPS) is 18.2. The van der Waals surface area contributed by atoms with Crippen LogP contribution in [0.5, 0.6) is 0 Å². The summed E-state index contributed by atoms with van der Waals surface area (Å²) in [7, 11) is 0. The number of nitrogens with zero attached hydrogens (tertiary/aromatic N) is 5. The van der Waals surface area contributed by atoms with Gasteiger partial charge in [-0.15, -0.1) is 21.5 Å². The zero-order valence-electron chi connectivity index (χ0n) is 13.6. The number of carbonyl (C=O) groups excluding carboxylic acids is 1. The van der Waals surface area contributed by atoms with Crippen LogP contribution in [0.25, 0.3) is 5.65 Å². The van der Waals surface area contributed by atoms with Gasteiger partial charge in [-0.05, 0) is 31.4 Å². The topological polar surface area (TPSA) is 63.4 Å². The molecule has 0 spiro atoms. The van der Waals surface area contributed by atoms with Crippen LogP contribution in [-0.4, -0.2) is 43.5 Å². The van der Waals surface area contributed by atoms with Crippen molar-refractivity contribution in [2.24, 2.45) is 0 Å². The maximum absolute atomic E-state index is 12.9. The van der Waals surface area contributed by atoms with Gasteiger partial charge in [0, 0.05) is 30.6 Å². The van der Waals surface area contributed by atoms with E-state index >= 15 is 0 Å². The predicted octanol–water partition coefficient (Wildman–Crippen LogP) is 2.77. The molecule has 3 aromatic heterocycles. The third kappa shape index (κ3) is 2.80. The van der Waals surface area contributed by atoms with Gasteiger partial charge >= 0.3 is 0 Å². The molecule has 124 valence electrons. The third-order valence-corrected chi connectivity index (χ3v) is 5.58. The molecule has 0 bridgehead atoms. The molecule has 4 rings (SSSR count). The summed E-state index contributed by atoms with van der Waals surface area (Å²) in [5.41, 5.74) is 2.57. The van der Waals surface area contributed by atoms with E-state index in [0.717, 1.165) is 43.7 Å². The molecule has 1 aliphatic rings. The molecule has 1 amide bonds. The Morgan fingerprint density at radius 2 is 2.33 bits per heavy atom. The summed E-state index contributed by atoms with van der Waals surface area (Å²) in [6.45, 7) is 3.67. The summed E-state index contributed by atoms with van der Waals surface area (Å²) in [6.07, 6.45) is 6.51. The Hall–Kier alpha value is -2.28. The fourth-order valence-electron chi connectivity index (χ4n) is 3.17. The molecule has 0 N–H and O–H groups in total. The van der Waals surface area contributed by atoms with E-state index in [1.807, 2.05) is 17.0 Å². The van der Waals surface area contributed by atoms with Crippen LogP contribution < -0.4 is 0 Å². The molecule has 0 aliphatic carbocycles. The lowest BCUT2D eigenvalue weighted by Crippen LogP contribution is -2.39. The number of likely N-dealkylation sites (tertiary alicyclic amines) is 1. The smallest absolute Gasteiger partial charge is 0.255 e. The van der Waals surface area contributed by atoms with Crippen LogP contribution in [0, 0.1) is 0 Å². The van der Waals surface area contributed by atoms with Crippen molar-refractivity contribution in [3.8, 4) is 0 Å². The van der Waals surface area contributed by atoms with E-state index in [4.69, 9.17) is 4.98 Å². The van der Waals surface area contributed by atoms with Crippen molar-refractivity contribution in [2.45, 2.75) is 32.1 Å². The number of aryl methyl sites for hydroxylation is 1. The van der Waals surface area contributed by atoms with Gasteiger partial charge in [-0.3, -0.25) is 9.20 Å². The Morgan fingerprint density at radius 3 is 3.17 bits per heavy atom. The molecule has 1 aliphatic heterocycles. The minimum absolute atomic E-state index is 0.0718. The minimum Gasteiger partial charge on any atom is -0.338 e. The average molecular weight is 341 g/mol. The number of amides is 1. The lowest BCUT2D eigenvalue weighted by Gasteiger charge is -2.32. The highest BCUT2D eigenvalue weighted by atomic mass is 32.1. The van der Waals surface area contributed by atoms with Crippen LogP contribution in [0.15, 0.2) is 30.0 Å². The number of pyridine rings is 1. The second-order valence-electron chi connectivity index (χ2n) is 6.14. The summed E-state index contributed by atoms with van der Waals surface area (Å²) >= 11 is 1.72. The van der Waals surface area contributed by atoms with Crippen molar-refractivity contribution in [1.82, 2.24) is 24.5 Å². The molecule has 4 heterocycles. The van der Waals surface area contributed by atoms with E-state index in [1.165, 1.54) is 5.01 Å². The Balaban J connectivity index is 1.53. The zero-order chi connectivity index (χ0) is 16.5. The number of hydrogen-bond acceptors (Lipinski definition) is 5. The highest BCUT2D eigenvalue weighted by Crippen LogP contribution is 2.30. The molecule has 1 fully saturated rings. The summed E-state index contributed by atoms with van der Waals surface area (Å²) in [6, 6.07) is 3.66. The summed E-state index contributed by atoms with van der Waals surface area (Å²) in [5, 5.41) is 11.1. The van der Waals surface area contributed by atoms with Gasteiger partial charge in [-0.25, -0.2) is 4.98 Å². The van der Waals surface area contributed by atoms with E-state index in [0.29, 0.717) is 11.5 Å². The van der Waals surface area contributed by atoms with Gasteiger partial charge in [0.15, 0.2) is 5.65 Å². The number of fused-ring (bicyclic) bond motifs is 1. The molecule has 1 atom stereocenters. The molecular weight excluding hydrogens is 322 g/mol. The van der Waals surface area contributed by atoms with Gasteiger partial charge in [0.25, 0.3) is 5.91 Å². The molecule has 1 saturated heterocycles. The maximum Gasteiger partial charge on any atom is 0.255 e. The van der Waals surface area contributed by atoms with Crippen molar-refractivity contribution in [1.29, 1.82) is 0 Å². The third-order valence-electron chi connectivity index (χ3n) is 4.53. The number of thiazole rings is 1.